The summed E-state index contributed by atoms with van der Waals surface area (Å²) >= 11 is 6.09. The van der Waals surface area contributed by atoms with Crippen LogP contribution in [0, 0.1) is 6.92 Å². The number of amides is 1. The topological polar surface area (TPSA) is 70.2 Å². The third kappa shape index (κ3) is 4.91. The molecule has 0 aliphatic rings. The summed E-state index contributed by atoms with van der Waals surface area (Å²) in [5, 5.41) is 14.6. The lowest BCUT2D eigenvalue weighted by molar-refractivity contribution is 0.0945. The van der Waals surface area contributed by atoms with Gasteiger partial charge in [-0.25, -0.2) is 0 Å². The minimum atomic E-state index is -0.232. The smallest absolute Gasteiger partial charge is 0.271 e. The summed E-state index contributed by atoms with van der Waals surface area (Å²) in [5.74, 6) is 0.324. The Bertz CT molecular complexity index is 673. The van der Waals surface area contributed by atoms with E-state index in [-0.39, 0.29) is 11.6 Å². The lowest BCUT2D eigenvalue weighted by Gasteiger charge is -2.11. The van der Waals surface area contributed by atoms with Gasteiger partial charge in [0.1, 0.15) is 0 Å². The quantitative estimate of drug-likeness (QED) is 0.850. The van der Waals surface area contributed by atoms with Gasteiger partial charge >= 0.3 is 0 Å². The van der Waals surface area contributed by atoms with Crippen molar-refractivity contribution >= 4 is 29.0 Å². The van der Waals surface area contributed by atoms with Crippen LogP contribution in [-0.4, -0.2) is 48.2 Å². The first-order valence-corrected chi connectivity index (χ1v) is 7.64. The maximum Gasteiger partial charge on any atom is 0.271 e. The normalized spacial score (nSPS) is 10.7. The number of halogens is 1. The molecule has 2 aromatic rings. The van der Waals surface area contributed by atoms with Gasteiger partial charge in [0, 0.05) is 23.8 Å². The van der Waals surface area contributed by atoms with E-state index in [9.17, 15) is 4.79 Å². The molecule has 1 aromatic carbocycles. The van der Waals surface area contributed by atoms with Crippen LogP contribution < -0.4 is 10.6 Å². The SMILES string of the molecule is Cc1c(Cl)cccc1Nc1ccc(C(=O)NCCN(C)C)nn1. The summed E-state index contributed by atoms with van der Waals surface area (Å²) in [6, 6.07) is 8.95. The van der Waals surface area contributed by atoms with Crippen molar-refractivity contribution in [3.8, 4) is 0 Å². The van der Waals surface area contributed by atoms with E-state index in [4.69, 9.17) is 11.6 Å². The van der Waals surface area contributed by atoms with Crippen molar-refractivity contribution in [2.75, 3.05) is 32.5 Å². The summed E-state index contributed by atoms with van der Waals surface area (Å²) < 4.78 is 0. The van der Waals surface area contributed by atoms with E-state index in [2.05, 4.69) is 20.8 Å². The van der Waals surface area contributed by atoms with Gasteiger partial charge in [-0.1, -0.05) is 17.7 Å². The predicted octanol–water partition coefficient (Wildman–Crippen LogP) is 2.47. The van der Waals surface area contributed by atoms with Gasteiger partial charge in [0.2, 0.25) is 0 Å². The fourth-order valence-corrected chi connectivity index (χ4v) is 2.06. The second kappa shape index (κ2) is 7.89. The molecule has 122 valence electrons. The Kier molecular flexibility index (Phi) is 5.90. The minimum absolute atomic E-state index is 0.232. The first-order valence-electron chi connectivity index (χ1n) is 7.26. The molecule has 0 aliphatic carbocycles. The van der Waals surface area contributed by atoms with Crippen molar-refractivity contribution < 1.29 is 4.79 Å². The Morgan fingerprint density at radius 1 is 1.22 bits per heavy atom. The Balaban J connectivity index is 1.99. The summed E-state index contributed by atoms with van der Waals surface area (Å²) in [6.07, 6.45) is 0. The molecular weight excluding hydrogens is 314 g/mol. The highest BCUT2D eigenvalue weighted by atomic mass is 35.5. The number of nitrogens with one attached hydrogen (secondary N) is 2. The van der Waals surface area contributed by atoms with Gasteiger partial charge in [-0.3, -0.25) is 4.79 Å². The van der Waals surface area contributed by atoms with Gasteiger partial charge in [0.25, 0.3) is 5.91 Å². The number of carbonyl (C=O) groups excluding carboxylic acids is 1. The predicted molar refractivity (Wildman–Crippen MR) is 92.4 cm³/mol. The van der Waals surface area contributed by atoms with Crippen molar-refractivity contribution in [2.45, 2.75) is 6.92 Å². The fourth-order valence-electron chi connectivity index (χ4n) is 1.88. The van der Waals surface area contributed by atoms with Gasteiger partial charge in [-0.2, -0.15) is 0 Å². The van der Waals surface area contributed by atoms with Gasteiger partial charge in [0.05, 0.1) is 0 Å². The highest BCUT2D eigenvalue weighted by Gasteiger charge is 2.08. The Hall–Kier alpha value is -2.18. The monoisotopic (exact) mass is 333 g/mol. The summed E-state index contributed by atoms with van der Waals surface area (Å²) in [6.45, 7) is 3.26. The van der Waals surface area contributed by atoms with E-state index >= 15 is 0 Å². The van der Waals surface area contributed by atoms with Crippen LogP contribution in [0.1, 0.15) is 16.1 Å². The van der Waals surface area contributed by atoms with Crippen molar-refractivity contribution in [3.05, 3.63) is 46.6 Å². The van der Waals surface area contributed by atoms with Crippen LogP contribution in [0.25, 0.3) is 0 Å². The van der Waals surface area contributed by atoms with Crippen LogP contribution >= 0.6 is 11.6 Å². The molecule has 1 heterocycles. The van der Waals surface area contributed by atoms with Crippen LogP contribution in [0.3, 0.4) is 0 Å². The van der Waals surface area contributed by atoms with Crippen LogP contribution in [0.4, 0.5) is 11.5 Å². The number of benzene rings is 1. The lowest BCUT2D eigenvalue weighted by Crippen LogP contribution is -2.31. The molecule has 2 N–H and O–H groups in total. The molecule has 0 aliphatic heterocycles. The molecule has 0 unspecified atom stereocenters. The second-order valence-electron chi connectivity index (χ2n) is 5.40. The number of likely N-dealkylation sites (N-methyl/N-ethyl adjacent to an activating group) is 1. The zero-order valence-electron chi connectivity index (χ0n) is 13.4. The number of hydrogen-bond acceptors (Lipinski definition) is 5. The molecule has 0 fully saturated rings. The maximum absolute atomic E-state index is 11.9. The molecule has 23 heavy (non-hydrogen) atoms. The number of anilines is 2. The Morgan fingerprint density at radius 2 is 2.00 bits per heavy atom. The molecule has 7 heteroatoms. The minimum Gasteiger partial charge on any atom is -0.349 e. The van der Waals surface area contributed by atoms with Crippen molar-refractivity contribution in [1.82, 2.24) is 20.4 Å². The second-order valence-corrected chi connectivity index (χ2v) is 5.81. The van der Waals surface area contributed by atoms with E-state index in [1.54, 1.807) is 12.1 Å². The first-order chi connectivity index (χ1) is 11.0. The molecule has 1 aromatic heterocycles. The standard InChI is InChI=1S/C16H20ClN5O/c1-11-12(17)5-4-6-13(11)19-15-8-7-14(20-21-15)16(23)18-9-10-22(2)3/h4-8H,9-10H2,1-3H3,(H,18,23)(H,19,21). The molecular formula is C16H20ClN5O. The van der Waals surface area contributed by atoms with Gasteiger partial charge in [-0.15, -0.1) is 10.2 Å². The fraction of sp³-hybridized carbons (Fsp3) is 0.312. The summed E-state index contributed by atoms with van der Waals surface area (Å²) in [4.78, 5) is 13.9. The van der Waals surface area contributed by atoms with Crippen molar-refractivity contribution in [1.29, 1.82) is 0 Å². The average Bonchev–Trinajstić information content (AvgIpc) is 2.52. The lowest BCUT2D eigenvalue weighted by atomic mass is 10.2. The van der Waals surface area contributed by atoms with Gasteiger partial charge in [-0.05, 0) is 50.8 Å². The highest BCUT2D eigenvalue weighted by Crippen LogP contribution is 2.25. The molecule has 0 bridgehead atoms. The van der Waals surface area contributed by atoms with E-state index in [0.717, 1.165) is 17.8 Å². The van der Waals surface area contributed by atoms with E-state index in [0.29, 0.717) is 17.4 Å². The number of hydrogen-bond donors (Lipinski definition) is 2. The zero-order valence-corrected chi connectivity index (χ0v) is 14.2. The molecule has 0 spiro atoms. The summed E-state index contributed by atoms with van der Waals surface area (Å²) in [7, 11) is 3.90. The molecule has 0 radical (unpaired) electrons. The third-order valence-electron chi connectivity index (χ3n) is 3.27. The van der Waals surface area contributed by atoms with Crippen LogP contribution in [0.5, 0.6) is 0 Å². The Labute approximate surface area is 140 Å². The first kappa shape index (κ1) is 17.2. The summed E-state index contributed by atoms with van der Waals surface area (Å²) in [5.41, 5.74) is 2.08. The molecule has 0 saturated carbocycles. The van der Waals surface area contributed by atoms with Crippen LogP contribution in [0.2, 0.25) is 5.02 Å². The zero-order chi connectivity index (χ0) is 16.8. The number of rotatable bonds is 6. The maximum atomic E-state index is 11.9. The average molecular weight is 334 g/mol. The number of carbonyl (C=O) groups is 1. The third-order valence-corrected chi connectivity index (χ3v) is 3.68. The van der Waals surface area contributed by atoms with Crippen molar-refractivity contribution in [3.63, 3.8) is 0 Å². The highest BCUT2D eigenvalue weighted by molar-refractivity contribution is 6.31. The largest absolute Gasteiger partial charge is 0.349 e. The molecule has 1 amide bonds. The Morgan fingerprint density at radius 3 is 2.65 bits per heavy atom. The number of nitrogens with zero attached hydrogens (tertiary/aromatic N) is 3. The van der Waals surface area contributed by atoms with Gasteiger partial charge in [0.15, 0.2) is 11.5 Å². The van der Waals surface area contributed by atoms with E-state index < -0.39 is 0 Å². The van der Waals surface area contributed by atoms with E-state index in [1.807, 2.05) is 44.1 Å². The van der Waals surface area contributed by atoms with Crippen molar-refractivity contribution in [2.24, 2.45) is 0 Å². The molecule has 0 atom stereocenters. The molecule has 0 saturated heterocycles. The van der Waals surface area contributed by atoms with Gasteiger partial charge < -0.3 is 15.5 Å². The molecule has 6 nitrogen and oxygen atoms in total. The number of aromatic nitrogens is 2. The van der Waals surface area contributed by atoms with E-state index in [1.165, 1.54) is 0 Å². The molecule has 2 rings (SSSR count). The van der Waals surface area contributed by atoms with Crippen LogP contribution in [0.15, 0.2) is 30.3 Å². The van der Waals surface area contributed by atoms with Crippen LogP contribution in [-0.2, 0) is 0 Å².